The molecule has 2 N–H and O–H groups in total. The van der Waals surface area contributed by atoms with Crippen molar-refractivity contribution in [2.75, 3.05) is 18.1 Å². The number of aromatic nitrogens is 1. The molecule has 1 aromatic heterocycles. The van der Waals surface area contributed by atoms with Gasteiger partial charge in [0.25, 0.3) is 0 Å². The van der Waals surface area contributed by atoms with Crippen molar-refractivity contribution in [3.8, 4) is 0 Å². The molecule has 1 saturated heterocycles. The van der Waals surface area contributed by atoms with Crippen LogP contribution in [0.15, 0.2) is 36.5 Å². The minimum Gasteiger partial charge on any atom is -0.354 e. The van der Waals surface area contributed by atoms with Crippen molar-refractivity contribution >= 4 is 34.5 Å². The lowest BCUT2D eigenvalue weighted by atomic mass is 10.2. The molecule has 1 fully saturated rings. The second kappa shape index (κ2) is 7.55. The van der Waals surface area contributed by atoms with Gasteiger partial charge in [0.1, 0.15) is 6.04 Å². The third-order valence-corrected chi connectivity index (χ3v) is 5.03. The quantitative estimate of drug-likeness (QED) is 0.821. The van der Waals surface area contributed by atoms with Crippen LogP contribution >= 0.6 is 11.8 Å². The summed E-state index contributed by atoms with van der Waals surface area (Å²) in [5.74, 6) is 1.33. The summed E-state index contributed by atoms with van der Waals surface area (Å²) >= 11 is 1.65. The fourth-order valence-corrected chi connectivity index (χ4v) is 3.70. The molecule has 1 unspecified atom stereocenters. The van der Waals surface area contributed by atoms with Crippen LogP contribution in [0.5, 0.6) is 0 Å². The highest BCUT2D eigenvalue weighted by Crippen LogP contribution is 2.15. The van der Waals surface area contributed by atoms with Crippen molar-refractivity contribution in [3.63, 3.8) is 0 Å². The molecular weight excluding hydrogens is 310 g/mol. The molecule has 2 aromatic rings. The Balaban J connectivity index is 1.46. The molecule has 2 heterocycles. The van der Waals surface area contributed by atoms with Gasteiger partial charge in [0.05, 0.1) is 0 Å². The summed E-state index contributed by atoms with van der Waals surface area (Å²) in [6.07, 6.45) is 3.43. The number of rotatable bonds is 5. The summed E-state index contributed by atoms with van der Waals surface area (Å²) in [6.45, 7) is 1.47. The predicted molar refractivity (Wildman–Crippen MR) is 93.4 cm³/mol. The Morgan fingerprint density at radius 3 is 3.13 bits per heavy atom. The summed E-state index contributed by atoms with van der Waals surface area (Å²) < 4.78 is 2.20. The van der Waals surface area contributed by atoms with Gasteiger partial charge in [-0.3, -0.25) is 9.59 Å². The first-order chi connectivity index (χ1) is 11.2. The number of nitrogens with zero attached hydrogens (tertiary/aromatic N) is 1. The number of nitrogens with one attached hydrogen (secondary N) is 2. The number of amides is 2. The van der Waals surface area contributed by atoms with Crippen molar-refractivity contribution in [2.24, 2.45) is 0 Å². The van der Waals surface area contributed by atoms with Gasteiger partial charge in [-0.2, -0.15) is 11.8 Å². The van der Waals surface area contributed by atoms with E-state index >= 15 is 0 Å². The van der Waals surface area contributed by atoms with Crippen LogP contribution < -0.4 is 10.6 Å². The molecule has 3 rings (SSSR count). The fraction of sp³-hybridized carbons (Fsp3) is 0.412. The van der Waals surface area contributed by atoms with E-state index in [0.29, 0.717) is 18.7 Å². The van der Waals surface area contributed by atoms with Gasteiger partial charge in [0.2, 0.25) is 11.8 Å². The molecule has 1 aromatic carbocycles. The molecule has 0 spiro atoms. The van der Waals surface area contributed by atoms with Gasteiger partial charge in [-0.05, 0) is 23.9 Å². The molecule has 2 amide bonds. The SMILES string of the molecule is O=C1CCSCC(C(=O)NCCCn2ccc3ccccc32)N1. The maximum Gasteiger partial charge on any atom is 0.243 e. The van der Waals surface area contributed by atoms with Crippen LogP contribution in [0, 0.1) is 0 Å². The van der Waals surface area contributed by atoms with Crippen molar-refractivity contribution in [3.05, 3.63) is 36.5 Å². The molecule has 6 heteroatoms. The molecule has 0 saturated carbocycles. The average molecular weight is 331 g/mol. The first-order valence-electron chi connectivity index (χ1n) is 7.93. The lowest BCUT2D eigenvalue weighted by Crippen LogP contribution is -2.47. The van der Waals surface area contributed by atoms with Gasteiger partial charge in [0.15, 0.2) is 0 Å². The highest BCUT2D eigenvalue weighted by Gasteiger charge is 2.22. The minimum absolute atomic E-state index is 0.0334. The lowest BCUT2D eigenvalue weighted by molar-refractivity contribution is -0.128. The van der Waals surface area contributed by atoms with Crippen LogP contribution in [0.1, 0.15) is 12.8 Å². The Labute approximate surface area is 139 Å². The van der Waals surface area contributed by atoms with Gasteiger partial charge >= 0.3 is 0 Å². The van der Waals surface area contributed by atoms with Crippen LogP contribution in [0.2, 0.25) is 0 Å². The number of thioether (sulfide) groups is 1. The van der Waals surface area contributed by atoms with Crippen LogP contribution in [0.3, 0.4) is 0 Å². The van der Waals surface area contributed by atoms with E-state index in [4.69, 9.17) is 0 Å². The fourth-order valence-electron chi connectivity index (χ4n) is 2.74. The smallest absolute Gasteiger partial charge is 0.243 e. The number of carbonyl (C=O) groups excluding carboxylic acids is 2. The Hall–Kier alpha value is -1.95. The van der Waals surface area contributed by atoms with E-state index in [1.165, 1.54) is 10.9 Å². The van der Waals surface area contributed by atoms with E-state index in [-0.39, 0.29) is 11.8 Å². The van der Waals surface area contributed by atoms with Crippen LogP contribution in [0.25, 0.3) is 10.9 Å². The molecule has 0 bridgehead atoms. The number of aryl methyl sites for hydroxylation is 1. The maximum atomic E-state index is 12.1. The molecule has 1 aliphatic rings. The van der Waals surface area contributed by atoms with Crippen molar-refractivity contribution < 1.29 is 9.59 Å². The number of fused-ring (bicyclic) bond motifs is 1. The van der Waals surface area contributed by atoms with Gasteiger partial charge < -0.3 is 15.2 Å². The highest BCUT2D eigenvalue weighted by molar-refractivity contribution is 7.99. The Morgan fingerprint density at radius 2 is 2.22 bits per heavy atom. The van der Waals surface area contributed by atoms with E-state index in [2.05, 4.69) is 39.6 Å². The first-order valence-corrected chi connectivity index (χ1v) is 9.08. The molecule has 1 atom stereocenters. The average Bonchev–Trinajstić information content (AvgIpc) is 2.84. The van der Waals surface area contributed by atoms with E-state index in [1.54, 1.807) is 11.8 Å². The molecule has 1 aliphatic heterocycles. The van der Waals surface area contributed by atoms with Gasteiger partial charge in [0, 0.05) is 42.7 Å². The van der Waals surface area contributed by atoms with Gasteiger partial charge in [-0.25, -0.2) is 0 Å². The maximum absolute atomic E-state index is 12.1. The number of hydrogen-bond acceptors (Lipinski definition) is 3. The third-order valence-electron chi connectivity index (χ3n) is 3.96. The monoisotopic (exact) mass is 331 g/mol. The number of para-hydroxylation sites is 1. The van der Waals surface area contributed by atoms with Crippen molar-refractivity contribution in [1.82, 2.24) is 15.2 Å². The van der Waals surface area contributed by atoms with E-state index in [0.717, 1.165) is 18.7 Å². The Morgan fingerprint density at radius 1 is 1.35 bits per heavy atom. The summed E-state index contributed by atoms with van der Waals surface area (Å²) in [7, 11) is 0. The molecule has 23 heavy (non-hydrogen) atoms. The van der Waals surface area contributed by atoms with Crippen LogP contribution in [0.4, 0.5) is 0 Å². The first kappa shape index (κ1) is 15.9. The highest BCUT2D eigenvalue weighted by atomic mass is 32.2. The van der Waals surface area contributed by atoms with E-state index in [1.807, 2.05) is 12.1 Å². The van der Waals surface area contributed by atoms with E-state index in [9.17, 15) is 9.59 Å². The summed E-state index contributed by atoms with van der Waals surface area (Å²) in [5.41, 5.74) is 1.21. The van der Waals surface area contributed by atoms with Crippen LogP contribution in [-0.4, -0.2) is 40.5 Å². The topological polar surface area (TPSA) is 63.1 Å². The number of hydrogen-bond donors (Lipinski definition) is 2. The summed E-state index contributed by atoms with van der Waals surface area (Å²) in [4.78, 5) is 23.6. The van der Waals surface area contributed by atoms with Crippen molar-refractivity contribution in [1.29, 1.82) is 0 Å². The van der Waals surface area contributed by atoms with Crippen molar-refractivity contribution in [2.45, 2.75) is 25.4 Å². The Bertz CT molecular complexity index is 698. The molecule has 0 aliphatic carbocycles. The van der Waals surface area contributed by atoms with Gasteiger partial charge in [-0.1, -0.05) is 18.2 Å². The Kier molecular flexibility index (Phi) is 5.23. The summed E-state index contributed by atoms with van der Waals surface area (Å²) in [6, 6.07) is 9.97. The normalized spacial score (nSPS) is 18.4. The second-order valence-corrected chi connectivity index (χ2v) is 6.81. The largest absolute Gasteiger partial charge is 0.354 e. The predicted octanol–water partition coefficient (Wildman–Crippen LogP) is 1.77. The zero-order valence-electron chi connectivity index (χ0n) is 13.0. The molecular formula is C17H21N3O2S. The van der Waals surface area contributed by atoms with Gasteiger partial charge in [-0.15, -0.1) is 0 Å². The zero-order chi connectivity index (χ0) is 16.1. The van der Waals surface area contributed by atoms with E-state index < -0.39 is 6.04 Å². The van der Waals surface area contributed by atoms with Crippen LogP contribution in [-0.2, 0) is 16.1 Å². The standard InChI is InChI=1S/C17H21N3O2S/c21-16-7-11-23-12-14(19-16)17(22)18-8-3-9-20-10-6-13-4-1-2-5-15(13)20/h1-2,4-6,10,14H,3,7-9,11-12H2,(H,18,22)(H,19,21). The lowest BCUT2D eigenvalue weighted by Gasteiger charge is -2.15. The number of benzene rings is 1. The molecule has 0 radical (unpaired) electrons. The third kappa shape index (κ3) is 4.07. The number of carbonyl (C=O) groups is 2. The summed E-state index contributed by atoms with van der Waals surface area (Å²) in [5, 5.41) is 6.94. The minimum atomic E-state index is -0.401. The second-order valence-electron chi connectivity index (χ2n) is 5.66. The zero-order valence-corrected chi connectivity index (χ0v) is 13.8. The molecule has 122 valence electrons. The molecule has 5 nitrogen and oxygen atoms in total.